The fraction of sp³-hybridized carbons (Fsp3) is 1.00. The molecule has 2 nitrogen and oxygen atoms in total. The Morgan fingerprint density at radius 2 is 0.812 bits per heavy atom. The zero-order valence-electron chi connectivity index (χ0n) is 11.6. The largest absolute Gasteiger partial charge is 1.00 e. The summed E-state index contributed by atoms with van der Waals surface area (Å²) in [4.78, 5) is 0. The predicted octanol–water partition coefficient (Wildman–Crippen LogP) is 1.19. The molecule has 0 radical (unpaired) electrons. The molecule has 0 heterocycles. The summed E-state index contributed by atoms with van der Waals surface area (Å²) in [6, 6.07) is 0. The van der Waals surface area contributed by atoms with E-state index in [1.54, 1.807) is 0 Å². The summed E-state index contributed by atoms with van der Waals surface area (Å²) in [5.41, 5.74) is 0. The van der Waals surface area contributed by atoms with E-state index in [9.17, 15) is 0 Å². The van der Waals surface area contributed by atoms with E-state index in [1.165, 1.54) is 56.3 Å². The first-order valence-corrected chi connectivity index (χ1v) is 6.09. The van der Waals surface area contributed by atoms with Crippen molar-refractivity contribution in [3.63, 3.8) is 0 Å². The minimum Gasteiger partial charge on any atom is -1.00 e. The maximum absolute atomic E-state index is 2.31. The lowest BCUT2D eigenvalue weighted by molar-refractivity contribution is -0.928. The zero-order valence-corrected chi connectivity index (χ0v) is 14.9. The molecule has 0 aliphatic carbocycles. The van der Waals surface area contributed by atoms with E-state index < -0.39 is 0 Å². The van der Waals surface area contributed by atoms with E-state index in [0.717, 1.165) is 0 Å². The fourth-order valence-electron chi connectivity index (χ4n) is 2.57. The molecule has 0 unspecified atom stereocenters. The van der Waals surface area contributed by atoms with Crippen LogP contribution in [0.2, 0.25) is 0 Å². The second kappa shape index (κ2) is 15.9. The Kier molecular flexibility index (Phi) is 25.5. The molecule has 0 aromatic heterocycles. The molecule has 4 heteroatoms. The quantitative estimate of drug-likeness (QED) is 0.646. The average Bonchev–Trinajstić information content (AvgIpc) is 2.06. The molecule has 0 saturated heterocycles. The van der Waals surface area contributed by atoms with Gasteiger partial charge in [-0.3, -0.25) is 0 Å². The Balaban J connectivity index is -0.000000240. The van der Waals surface area contributed by atoms with E-state index >= 15 is 0 Å². The van der Waals surface area contributed by atoms with E-state index in [0.29, 0.717) is 0 Å². The first-order chi connectivity index (χ1) is 6.24. The minimum absolute atomic E-state index is 0. The van der Waals surface area contributed by atoms with Gasteiger partial charge in [0.15, 0.2) is 0 Å². The Morgan fingerprint density at radius 1 is 0.625 bits per heavy atom. The Morgan fingerprint density at radius 3 is 0.938 bits per heavy atom. The normalized spacial score (nSPS) is 9.75. The number of halogens is 2. The number of quaternary nitrogens is 1. The molecule has 0 aliphatic heterocycles. The molecule has 0 amide bonds. The monoisotopic (exact) mass is 362 g/mol. The number of nitrogens with zero attached hydrogens (tertiary/aromatic N) is 1. The summed E-state index contributed by atoms with van der Waals surface area (Å²) in [5, 5.41) is 0. The van der Waals surface area contributed by atoms with Crippen LogP contribution < -0.4 is 23.1 Å². The van der Waals surface area contributed by atoms with Crippen LogP contribution in [-0.2, 0) is 0 Å². The first kappa shape index (κ1) is 25.7. The Labute approximate surface area is 124 Å². The molecule has 0 rings (SSSR count). The molecule has 0 bridgehead atoms. The molecule has 0 spiro atoms. The van der Waals surface area contributed by atoms with E-state index in [1.807, 2.05) is 0 Å². The molecule has 16 heavy (non-hydrogen) atoms. The van der Waals surface area contributed by atoms with Crippen molar-refractivity contribution < 1.29 is 21.5 Å². The van der Waals surface area contributed by atoms with Crippen molar-refractivity contribution in [1.82, 2.24) is 6.15 Å². The van der Waals surface area contributed by atoms with Crippen LogP contribution >= 0.6 is 17.0 Å². The van der Waals surface area contributed by atoms with Gasteiger partial charge in [-0.1, -0.05) is 27.7 Å². The van der Waals surface area contributed by atoms with Gasteiger partial charge in [-0.05, 0) is 25.7 Å². The average molecular weight is 364 g/mol. The summed E-state index contributed by atoms with van der Waals surface area (Å²) >= 11 is 0. The summed E-state index contributed by atoms with van der Waals surface area (Å²) in [6.45, 7) is 14.8. The number of rotatable bonds is 8. The third-order valence-electron chi connectivity index (χ3n) is 2.79. The van der Waals surface area contributed by atoms with E-state index in [-0.39, 0.29) is 40.1 Å². The van der Waals surface area contributed by atoms with Crippen molar-refractivity contribution in [1.29, 1.82) is 0 Å². The van der Waals surface area contributed by atoms with Crippen molar-refractivity contribution in [2.45, 2.75) is 53.4 Å². The van der Waals surface area contributed by atoms with Crippen molar-refractivity contribution in [2.24, 2.45) is 0 Å². The molecule has 0 aliphatic rings. The molecule has 3 N–H and O–H groups in total. The maximum atomic E-state index is 2.31. The maximum Gasteiger partial charge on any atom is 0.0783 e. The molecule has 0 aromatic rings. The molecular formula is C12H32Br2N2. The van der Waals surface area contributed by atoms with E-state index in [4.69, 9.17) is 0 Å². The highest BCUT2D eigenvalue weighted by molar-refractivity contribution is 8.93. The molecule has 0 aromatic carbocycles. The topological polar surface area (TPSA) is 35.0 Å². The van der Waals surface area contributed by atoms with Crippen molar-refractivity contribution in [3.05, 3.63) is 0 Å². The molecular weight excluding hydrogens is 332 g/mol. The van der Waals surface area contributed by atoms with Gasteiger partial charge < -0.3 is 27.6 Å². The summed E-state index contributed by atoms with van der Waals surface area (Å²) in [6.07, 6.45) is 5.33. The Bertz CT molecular complexity index is 92.1. The van der Waals surface area contributed by atoms with Crippen LogP contribution in [0.1, 0.15) is 53.4 Å². The number of hydrogen-bond donors (Lipinski definition) is 1. The number of hydrogen-bond acceptors (Lipinski definition) is 1. The van der Waals surface area contributed by atoms with Crippen LogP contribution in [0.15, 0.2) is 0 Å². The molecule has 0 atom stereocenters. The van der Waals surface area contributed by atoms with Gasteiger partial charge in [-0.15, -0.1) is 17.0 Å². The summed E-state index contributed by atoms with van der Waals surface area (Å²) in [7, 11) is 0. The van der Waals surface area contributed by atoms with Crippen molar-refractivity contribution in [2.75, 3.05) is 26.2 Å². The van der Waals surface area contributed by atoms with Crippen molar-refractivity contribution >= 4 is 17.0 Å². The standard InChI is InChI=1S/C12H28N.2BrH.H3N/c1-5-9-13(10-6-2,11-7-3)12-8-4;;;/h5-12H2,1-4H3;2*1H;1H3/q+1;;;/p-1. The van der Waals surface area contributed by atoms with Crippen molar-refractivity contribution in [3.8, 4) is 0 Å². The smallest absolute Gasteiger partial charge is 0.0783 e. The minimum atomic E-state index is 0. The van der Waals surface area contributed by atoms with Crippen LogP contribution in [0.3, 0.4) is 0 Å². The van der Waals surface area contributed by atoms with E-state index in [2.05, 4.69) is 27.7 Å². The Hall–Kier alpha value is 0.880. The van der Waals surface area contributed by atoms with Crippen LogP contribution in [0.25, 0.3) is 0 Å². The van der Waals surface area contributed by atoms with Gasteiger partial charge in [0, 0.05) is 0 Å². The summed E-state index contributed by atoms with van der Waals surface area (Å²) < 4.78 is 1.38. The first-order valence-electron chi connectivity index (χ1n) is 6.09. The van der Waals surface area contributed by atoms with Gasteiger partial charge in [0.05, 0.1) is 26.2 Å². The van der Waals surface area contributed by atoms with Crippen LogP contribution in [0, 0.1) is 0 Å². The predicted molar refractivity (Wildman–Crippen MR) is 76.2 cm³/mol. The van der Waals surface area contributed by atoms with Gasteiger partial charge in [0.2, 0.25) is 0 Å². The second-order valence-corrected chi connectivity index (χ2v) is 4.24. The van der Waals surface area contributed by atoms with Crippen LogP contribution in [0.5, 0.6) is 0 Å². The highest BCUT2D eigenvalue weighted by atomic mass is 79.9. The van der Waals surface area contributed by atoms with Gasteiger partial charge in [-0.25, -0.2) is 0 Å². The lowest BCUT2D eigenvalue weighted by Gasteiger charge is -2.38. The highest BCUT2D eigenvalue weighted by Crippen LogP contribution is 2.12. The lowest BCUT2D eigenvalue weighted by atomic mass is 10.2. The third kappa shape index (κ3) is 10.1. The fourth-order valence-corrected chi connectivity index (χ4v) is 2.57. The van der Waals surface area contributed by atoms with Crippen LogP contribution in [-0.4, -0.2) is 30.7 Å². The second-order valence-electron chi connectivity index (χ2n) is 4.24. The summed E-state index contributed by atoms with van der Waals surface area (Å²) in [5.74, 6) is 0. The molecule has 0 saturated carbocycles. The lowest BCUT2D eigenvalue weighted by Crippen LogP contribution is -3.00. The van der Waals surface area contributed by atoms with Gasteiger partial charge in [0.25, 0.3) is 0 Å². The van der Waals surface area contributed by atoms with Crippen LogP contribution in [0.4, 0.5) is 0 Å². The molecule has 104 valence electrons. The van der Waals surface area contributed by atoms with Gasteiger partial charge >= 0.3 is 0 Å². The zero-order chi connectivity index (χ0) is 10.2. The highest BCUT2D eigenvalue weighted by Gasteiger charge is 2.22. The SMILES string of the molecule is Br.CCC[N+](CCC)(CCC)CCC.N.[Br-]. The van der Waals surface area contributed by atoms with Gasteiger partial charge in [-0.2, -0.15) is 0 Å². The van der Waals surface area contributed by atoms with Gasteiger partial charge in [0.1, 0.15) is 0 Å². The third-order valence-corrected chi connectivity index (χ3v) is 2.79. The molecule has 0 fully saturated rings.